The van der Waals surface area contributed by atoms with E-state index in [1.807, 2.05) is 0 Å². The normalized spacial score (nSPS) is 31.8. The first-order valence-corrected chi connectivity index (χ1v) is 23.0. The van der Waals surface area contributed by atoms with Crippen molar-refractivity contribution in [3.63, 3.8) is 0 Å². The fraction of sp³-hybridized carbons (Fsp3) is 0.333. The highest BCUT2D eigenvalue weighted by Gasteiger charge is 2.69. The molecule has 0 amide bonds. The highest BCUT2D eigenvalue weighted by molar-refractivity contribution is 5.82. The third kappa shape index (κ3) is 5.53. The minimum atomic E-state index is 0.0615. The van der Waals surface area contributed by atoms with E-state index < -0.39 is 0 Å². The summed E-state index contributed by atoms with van der Waals surface area (Å²) in [7, 11) is 0. The quantitative estimate of drug-likeness (QED) is 0.142. The van der Waals surface area contributed by atoms with E-state index >= 15 is 0 Å². The minimum Gasteiger partial charge on any atom is -0.115 e. The summed E-state index contributed by atoms with van der Waals surface area (Å²) in [6, 6.07) is 54.1. The Hall–Kier alpha value is -5.56. The molecular formula is C60H54. The molecule has 6 aromatic carbocycles. The maximum atomic E-state index is 6.83. The molecule has 0 nitrogen and oxygen atoms in total. The van der Waals surface area contributed by atoms with E-state index in [0.29, 0.717) is 5.92 Å². The molecule has 8 aliphatic rings. The van der Waals surface area contributed by atoms with Gasteiger partial charge in [-0.1, -0.05) is 133 Å². The van der Waals surface area contributed by atoms with Crippen molar-refractivity contribution in [1.29, 1.82) is 0 Å². The zero-order valence-corrected chi connectivity index (χ0v) is 34.8. The molecule has 0 spiro atoms. The maximum absolute atomic E-state index is 6.83. The predicted octanol–water partition coefficient (Wildman–Crippen LogP) is 14.5. The standard InChI is InChI=1S/C60H54/c1-3-51-53(46-21-13-7-14-22-46)29-48(44-17-9-5-10-18-44)31-55(51)58-33-42-26-43(34-58)36-59(35-42,39-58)57-50-27-40-25-41(28-50)38-60(57,37-40)56-32-49(45-19-11-6-12-20-45)30-54(52(56)4-2)47-23-15-8-16-24-47/h1-2,5-24,29-32,40-43,50,57H,25-28,33-39H2. The van der Waals surface area contributed by atoms with Crippen LogP contribution in [0.5, 0.6) is 0 Å². The van der Waals surface area contributed by atoms with Crippen LogP contribution in [0.15, 0.2) is 146 Å². The molecular weight excluding hydrogens is 721 g/mol. The molecule has 14 rings (SSSR count). The van der Waals surface area contributed by atoms with Crippen LogP contribution in [0.2, 0.25) is 0 Å². The number of hydrogen-bond donors (Lipinski definition) is 0. The average molecular weight is 775 g/mol. The predicted molar refractivity (Wildman–Crippen MR) is 248 cm³/mol. The molecule has 0 saturated heterocycles. The monoisotopic (exact) mass is 774 g/mol. The Morgan fingerprint density at radius 1 is 0.417 bits per heavy atom. The van der Waals surface area contributed by atoms with Crippen molar-refractivity contribution in [2.24, 2.45) is 40.9 Å². The first-order chi connectivity index (χ1) is 29.5. The van der Waals surface area contributed by atoms with Gasteiger partial charge in [0, 0.05) is 16.5 Å². The molecule has 8 aliphatic carbocycles. The van der Waals surface area contributed by atoms with Gasteiger partial charge in [0.2, 0.25) is 0 Å². The molecule has 0 radical (unpaired) electrons. The molecule has 6 aromatic rings. The lowest BCUT2D eigenvalue weighted by Crippen LogP contribution is -2.66. The second kappa shape index (κ2) is 13.7. The fourth-order valence-corrected chi connectivity index (χ4v) is 16.2. The average Bonchev–Trinajstić information content (AvgIpc) is 3.28. The molecule has 5 unspecified atom stereocenters. The Bertz CT molecular complexity index is 2660. The summed E-state index contributed by atoms with van der Waals surface area (Å²) in [6.07, 6.45) is 28.3. The molecule has 8 bridgehead atoms. The van der Waals surface area contributed by atoms with Crippen molar-refractivity contribution < 1.29 is 0 Å². The van der Waals surface area contributed by atoms with Gasteiger partial charge < -0.3 is 0 Å². The number of hydrogen-bond acceptors (Lipinski definition) is 0. The summed E-state index contributed by atoms with van der Waals surface area (Å²) in [5, 5.41) is 0. The van der Waals surface area contributed by atoms with Gasteiger partial charge >= 0.3 is 0 Å². The van der Waals surface area contributed by atoms with Crippen molar-refractivity contribution in [2.45, 2.75) is 81.5 Å². The fourth-order valence-electron chi connectivity index (χ4n) is 16.2. The van der Waals surface area contributed by atoms with Crippen LogP contribution >= 0.6 is 0 Å². The molecule has 8 saturated carbocycles. The lowest BCUT2D eigenvalue weighted by molar-refractivity contribution is -0.186. The van der Waals surface area contributed by atoms with Gasteiger partial charge in [-0.05, 0) is 197 Å². The van der Waals surface area contributed by atoms with Gasteiger partial charge in [0.05, 0.1) is 0 Å². The van der Waals surface area contributed by atoms with Crippen molar-refractivity contribution >= 4 is 0 Å². The molecule has 8 fully saturated rings. The third-order valence-corrected chi connectivity index (χ3v) is 17.1. The molecule has 0 N–H and O–H groups in total. The van der Waals surface area contributed by atoms with E-state index in [4.69, 9.17) is 12.8 Å². The van der Waals surface area contributed by atoms with Crippen molar-refractivity contribution in [3.05, 3.63) is 168 Å². The Morgan fingerprint density at radius 2 is 0.850 bits per heavy atom. The number of terminal acetylenes is 2. The van der Waals surface area contributed by atoms with E-state index in [2.05, 4.69) is 157 Å². The van der Waals surface area contributed by atoms with Crippen molar-refractivity contribution in [1.82, 2.24) is 0 Å². The van der Waals surface area contributed by atoms with Crippen LogP contribution in [0.4, 0.5) is 0 Å². The second-order valence-electron chi connectivity index (χ2n) is 20.5. The first-order valence-electron chi connectivity index (χ1n) is 23.0. The van der Waals surface area contributed by atoms with Gasteiger partial charge in [-0.15, -0.1) is 12.8 Å². The summed E-state index contributed by atoms with van der Waals surface area (Å²) in [5.74, 6) is 11.2. The van der Waals surface area contributed by atoms with Crippen LogP contribution in [0, 0.1) is 65.6 Å². The van der Waals surface area contributed by atoms with Crippen LogP contribution in [0.3, 0.4) is 0 Å². The highest BCUT2D eigenvalue weighted by Crippen LogP contribution is 2.76. The van der Waals surface area contributed by atoms with E-state index in [0.717, 1.165) is 40.7 Å². The van der Waals surface area contributed by atoms with Gasteiger partial charge in [-0.25, -0.2) is 0 Å². The third-order valence-electron chi connectivity index (χ3n) is 17.1. The minimum absolute atomic E-state index is 0.0615. The molecule has 5 atom stereocenters. The van der Waals surface area contributed by atoms with Crippen molar-refractivity contribution in [3.8, 4) is 69.2 Å². The molecule has 294 valence electrons. The van der Waals surface area contributed by atoms with Crippen LogP contribution in [-0.2, 0) is 10.8 Å². The van der Waals surface area contributed by atoms with Gasteiger partial charge in [0.25, 0.3) is 0 Å². The Labute approximate surface area is 357 Å². The topological polar surface area (TPSA) is 0 Å². The van der Waals surface area contributed by atoms with Gasteiger partial charge in [0.1, 0.15) is 0 Å². The van der Waals surface area contributed by atoms with Crippen LogP contribution < -0.4 is 0 Å². The molecule has 0 heterocycles. The summed E-state index contributed by atoms with van der Waals surface area (Å²) in [4.78, 5) is 0. The molecule has 60 heavy (non-hydrogen) atoms. The summed E-state index contributed by atoms with van der Waals surface area (Å²) < 4.78 is 0. The molecule has 0 aromatic heterocycles. The number of rotatable bonds is 7. The second-order valence-corrected chi connectivity index (χ2v) is 20.5. The summed E-state index contributed by atoms with van der Waals surface area (Å²) in [5.41, 5.74) is 15.7. The lowest BCUT2D eigenvalue weighted by Gasteiger charge is -2.72. The van der Waals surface area contributed by atoms with Crippen molar-refractivity contribution in [2.75, 3.05) is 0 Å². The van der Waals surface area contributed by atoms with E-state index in [9.17, 15) is 0 Å². The summed E-state index contributed by atoms with van der Waals surface area (Å²) >= 11 is 0. The number of benzene rings is 6. The van der Waals surface area contributed by atoms with Crippen LogP contribution in [-0.4, -0.2) is 0 Å². The largest absolute Gasteiger partial charge is 0.115 e. The van der Waals surface area contributed by atoms with E-state index in [1.165, 1.54) is 126 Å². The van der Waals surface area contributed by atoms with Gasteiger partial charge in [0.15, 0.2) is 0 Å². The van der Waals surface area contributed by atoms with Gasteiger partial charge in [-0.3, -0.25) is 0 Å². The zero-order chi connectivity index (χ0) is 40.1. The zero-order valence-electron chi connectivity index (χ0n) is 34.8. The van der Waals surface area contributed by atoms with E-state index in [-0.39, 0.29) is 16.2 Å². The highest BCUT2D eigenvalue weighted by atomic mass is 14.7. The van der Waals surface area contributed by atoms with Crippen LogP contribution in [0.1, 0.15) is 92.9 Å². The molecule has 0 aliphatic heterocycles. The Balaban J connectivity index is 1.07. The smallest absolute Gasteiger partial charge is 0.0359 e. The van der Waals surface area contributed by atoms with Gasteiger partial charge in [-0.2, -0.15) is 0 Å². The Kier molecular flexibility index (Phi) is 8.31. The maximum Gasteiger partial charge on any atom is 0.0359 e. The SMILES string of the molecule is C#Cc1c(-c2ccccc2)cc(-c2ccccc2)cc1C12CC3CC(C1)CC(C1C4CC5CC(C4)CC1(c1cc(-c4ccccc4)cc(-c4ccccc4)c1C#C)C5)(C3)C2. The molecule has 0 heteroatoms. The van der Waals surface area contributed by atoms with Crippen LogP contribution in [0.25, 0.3) is 44.5 Å². The summed E-state index contributed by atoms with van der Waals surface area (Å²) in [6.45, 7) is 0. The first kappa shape index (κ1) is 36.3. The lowest BCUT2D eigenvalue weighted by atomic mass is 9.32. The Morgan fingerprint density at radius 3 is 1.33 bits per heavy atom. The van der Waals surface area contributed by atoms with E-state index in [1.54, 1.807) is 0 Å².